The van der Waals surface area contributed by atoms with Gasteiger partial charge in [-0.25, -0.2) is 4.79 Å². The van der Waals surface area contributed by atoms with Gasteiger partial charge in [-0.05, 0) is 56.2 Å². The van der Waals surface area contributed by atoms with E-state index in [1.165, 1.54) is 28.3 Å². The maximum Gasteiger partial charge on any atom is 0.346 e. The van der Waals surface area contributed by atoms with E-state index in [0.29, 0.717) is 28.0 Å². The topological polar surface area (TPSA) is 84.2 Å². The first kappa shape index (κ1) is 21.2. The molecular weight excluding hydrogens is 388 g/mol. The van der Waals surface area contributed by atoms with Crippen molar-refractivity contribution in [1.29, 1.82) is 0 Å². The van der Waals surface area contributed by atoms with Crippen LogP contribution in [0.4, 0.5) is 0 Å². The third-order valence-corrected chi connectivity index (χ3v) is 4.77. The summed E-state index contributed by atoms with van der Waals surface area (Å²) in [6.07, 6.45) is -1.00. The smallest absolute Gasteiger partial charge is 0.346 e. The molecule has 0 amide bonds. The van der Waals surface area contributed by atoms with Crippen molar-refractivity contribution in [2.24, 2.45) is 0 Å². The number of fused-ring (bicyclic) bond motifs is 1. The van der Waals surface area contributed by atoms with Crippen molar-refractivity contribution in [2.75, 3.05) is 21.3 Å². The fourth-order valence-corrected chi connectivity index (χ4v) is 3.34. The van der Waals surface area contributed by atoms with Crippen LogP contribution < -0.4 is 19.6 Å². The first-order chi connectivity index (χ1) is 14.3. The Labute approximate surface area is 174 Å². The van der Waals surface area contributed by atoms with E-state index in [-0.39, 0.29) is 16.9 Å². The van der Waals surface area contributed by atoms with E-state index in [1.54, 1.807) is 24.3 Å². The van der Waals surface area contributed by atoms with Gasteiger partial charge in [0.1, 0.15) is 5.58 Å². The lowest BCUT2D eigenvalue weighted by atomic mass is 10.0. The first-order valence-corrected chi connectivity index (χ1v) is 9.35. The molecule has 0 fully saturated rings. The number of aryl methyl sites for hydroxylation is 2. The van der Waals surface area contributed by atoms with Gasteiger partial charge in [-0.2, -0.15) is 0 Å². The molecule has 3 aromatic rings. The highest BCUT2D eigenvalue weighted by Crippen LogP contribution is 2.37. The van der Waals surface area contributed by atoms with Crippen molar-refractivity contribution in [2.45, 2.75) is 26.9 Å². The zero-order chi connectivity index (χ0) is 22.0. The van der Waals surface area contributed by atoms with Crippen LogP contribution in [0.25, 0.3) is 22.3 Å². The van der Waals surface area contributed by atoms with Gasteiger partial charge in [0.2, 0.25) is 11.2 Å². The Kier molecular flexibility index (Phi) is 6.01. The molecule has 0 aliphatic carbocycles. The lowest BCUT2D eigenvalue weighted by molar-refractivity contribution is -0.147. The molecule has 0 saturated carbocycles. The summed E-state index contributed by atoms with van der Waals surface area (Å²) in [5.41, 5.74) is 2.32. The van der Waals surface area contributed by atoms with E-state index in [0.717, 1.165) is 11.1 Å². The zero-order valence-corrected chi connectivity index (χ0v) is 17.8. The van der Waals surface area contributed by atoms with E-state index < -0.39 is 12.1 Å². The minimum Gasteiger partial charge on any atom is -0.493 e. The number of benzene rings is 2. The molecule has 0 aliphatic rings. The second-order valence-corrected chi connectivity index (χ2v) is 6.90. The summed E-state index contributed by atoms with van der Waals surface area (Å²) in [7, 11) is 4.31. The Balaban J connectivity index is 2.32. The number of hydrogen-bond donors (Lipinski definition) is 0. The summed E-state index contributed by atoms with van der Waals surface area (Å²) in [5, 5.41) is 0.400. The van der Waals surface area contributed by atoms with E-state index in [9.17, 15) is 9.59 Å². The summed E-state index contributed by atoms with van der Waals surface area (Å²) in [5.74, 6) is 0.508. The first-order valence-electron chi connectivity index (χ1n) is 9.35. The predicted octanol–water partition coefficient (Wildman–Crippen LogP) is 4.03. The summed E-state index contributed by atoms with van der Waals surface area (Å²) >= 11 is 0. The van der Waals surface area contributed by atoms with Gasteiger partial charge < -0.3 is 23.4 Å². The highest BCUT2D eigenvalue weighted by atomic mass is 16.6. The van der Waals surface area contributed by atoms with Gasteiger partial charge in [-0.1, -0.05) is 6.07 Å². The van der Waals surface area contributed by atoms with E-state index in [1.807, 2.05) is 19.9 Å². The Morgan fingerprint density at radius 3 is 2.33 bits per heavy atom. The minimum atomic E-state index is -1.00. The molecule has 1 aromatic heterocycles. The predicted molar refractivity (Wildman–Crippen MR) is 113 cm³/mol. The molecule has 1 unspecified atom stereocenters. The zero-order valence-electron chi connectivity index (χ0n) is 17.8. The van der Waals surface area contributed by atoms with Crippen LogP contribution >= 0.6 is 0 Å². The second-order valence-electron chi connectivity index (χ2n) is 6.90. The Morgan fingerprint density at radius 2 is 1.70 bits per heavy atom. The Hall–Kier alpha value is -3.48. The number of hydrogen-bond acceptors (Lipinski definition) is 7. The average Bonchev–Trinajstić information content (AvgIpc) is 2.73. The molecule has 7 heteroatoms. The molecule has 158 valence electrons. The van der Waals surface area contributed by atoms with Crippen molar-refractivity contribution >= 4 is 16.9 Å². The molecule has 7 nitrogen and oxygen atoms in total. The third kappa shape index (κ3) is 3.83. The maximum atomic E-state index is 13.4. The number of rotatable bonds is 6. The van der Waals surface area contributed by atoms with Gasteiger partial charge in [-0.3, -0.25) is 4.79 Å². The van der Waals surface area contributed by atoms with Gasteiger partial charge in [0, 0.05) is 5.56 Å². The van der Waals surface area contributed by atoms with Crippen molar-refractivity contribution < 1.29 is 28.2 Å². The van der Waals surface area contributed by atoms with Crippen molar-refractivity contribution in [1.82, 2.24) is 0 Å². The van der Waals surface area contributed by atoms with Crippen LogP contribution in [0.15, 0.2) is 39.5 Å². The van der Waals surface area contributed by atoms with Gasteiger partial charge in [-0.15, -0.1) is 0 Å². The molecule has 2 aromatic carbocycles. The summed E-state index contributed by atoms with van der Waals surface area (Å²) < 4.78 is 27.3. The highest BCUT2D eigenvalue weighted by Gasteiger charge is 2.25. The fourth-order valence-electron chi connectivity index (χ4n) is 3.34. The Morgan fingerprint density at radius 1 is 1.00 bits per heavy atom. The molecule has 3 rings (SSSR count). The monoisotopic (exact) mass is 412 g/mol. The van der Waals surface area contributed by atoms with Crippen LogP contribution in [0.2, 0.25) is 0 Å². The normalized spacial score (nSPS) is 11.8. The lowest BCUT2D eigenvalue weighted by Crippen LogP contribution is -2.27. The van der Waals surface area contributed by atoms with Crippen LogP contribution in [0, 0.1) is 13.8 Å². The maximum absolute atomic E-state index is 13.4. The number of ether oxygens (including phenoxy) is 4. The van der Waals surface area contributed by atoms with E-state index >= 15 is 0 Å². The van der Waals surface area contributed by atoms with E-state index in [4.69, 9.17) is 23.4 Å². The third-order valence-electron chi connectivity index (χ3n) is 4.77. The SMILES string of the molecule is COC(=O)C(C)Oc1c(-c2ccc(OC)c(OC)c2)oc2cc(C)cc(C)c2c1=O. The fraction of sp³-hybridized carbons (Fsp3) is 0.304. The number of carbonyl (C=O) groups is 1. The molecule has 0 bridgehead atoms. The molecular formula is C23H24O7. The molecule has 1 heterocycles. The Bertz CT molecular complexity index is 1160. The molecule has 30 heavy (non-hydrogen) atoms. The summed E-state index contributed by atoms with van der Waals surface area (Å²) in [4.78, 5) is 25.3. The highest BCUT2D eigenvalue weighted by molar-refractivity contribution is 5.86. The quantitative estimate of drug-likeness (QED) is 0.565. The van der Waals surface area contributed by atoms with Crippen LogP contribution in [0.1, 0.15) is 18.1 Å². The van der Waals surface area contributed by atoms with Crippen LogP contribution in [-0.2, 0) is 9.53 Å². The van der Waals surface area contributed by atoms with Crippen LogP contribution in [0.5, 0.6) is 17.2 Å². The number of methoxy groups -OCH3 is 3. The average molecular weight is 412 g/mol. The van der Waals surface area contributed by atoms with Crippen molar-refractivity contribution in [3.8, 4) is 28.6 Å². The van der Waals surface area contributed by atoms with Gasteiger partial charge in [0.15, 0.2) is 23.4 Å². The number of carbonyl (C=O) groups excluding carboxylic acids is 1. The van der Waals surface area contributed by atoms with E-state index in [2.05, 4.69) is 0 Å². The summed E-state index contributed by atoms with van der Waals surface area (Å²) in [6.45, 7) is 5.26. The lowest BCUT2D eigenvalue weighted by Gasteiger charge is -2.17. The molecule has 0 N–H and O–H groups in total. The standard InChI is InChI=1S/C23H24O7/c1-12-9-13(2)19-18(10-12)30-21(15-7-8-16(26-4)17(11-15)27-5)22(20(19)24)29-14(3)23(25)28-6/h7-11,14H,1-6H3. The summed E-state index contributed by atoms with van der Waals surface area (Å²) in [6, 6.07) is 8.79. The van der Waals surface area contributed by atoms with Gasteiger partial charge in [0.05, 0.1) is 26.7 Å². The molecule has 0 radical (unpaired) electrons. The molecule has 0 aliphatic heterocycles. The largest absolute Gasteiger partial charge is 0.493 e. The van der Waals surface area contributed by atoms with Crippen molar-refractivity contribution in [3.05, 3.63) is 51.7 Å². The molecule has 0 saturated heterocycles. The van der Waals surface area contributed by atoms with Gasteiger partial charge >= 0.3 is 5.97 Å². The van der Waals surface area contributed by atoms with Gasteiger partial charge in [0.25, 0.3) is 0 Å². The minimum absolute atomic E-state index is 0.0698. The van der Waals surface area contributed by atoms with Crippen molar-refractivity contribution in [3.63, 3.8) is 0 Å². The second kappa shape index (κ2) is 8.49. The van der Waals surface area contributed by atoms with Crippen LogP contribution in [-0.4, -0.2) is 33.4 Å². The number of esters is 1. The molecule has 0 spiro atoms. The van der Waals surface area contributed by atoms with Crippen LogP contribution in [0.3, 0.4) is 0 Å². The molecule has 1 atom stereocenters.